The molecular formula is C10H13FN2O2S. The first kappa shape index (κ1) is 12.8. The lowest BCUT2D eigenvalue weighted by atomic mass is 10.4. The van der Waals surface area contributed by atoms with Gasteiger partial charge in [-0.15, -0.1) is 11.8 Å². The van der Waals surface area contributed by atoms with E-state index in [9.17, 15) is 9.18 Å². The third kappa shape index (κ3) is 3.37. The fourth-order valence-corrected chi connectivity index (χ4v) is 1.93. The third-order valence-corrected chi connectivity index (χ3v) is 2.92. The number of esters is 1. The number of anilines is 1. The molecule has 0 aromatic carbocycles. The van der Waals surface area contributed by atoms with Crippen LogP contribution in [0.15, 0.2) is 17.2 Å². The Labute approximate surface area is 97.6 Å². The van der Waals surface area contributed by atoms with Crippen molar-refractivity contribution in [3.63, 3.8) is 0 Å². The Hall–Kier alpha value is -1.30. The number of pyridine rings is 1. The highest BCUT2D eigenvalue weighted by atomic mass is 32.2. The van der Waals surface area contributed by atoms with Crippen molar-refractivity contribution < 1.29 is 13.9 Å². The SMILES string of the molecule is CNc1nccc(SCCC(=O)OC)c1F. The van der Waals surface area contributed by atoms with Gasteiger partial charge in [-0.05, 0) is 6.07 Å². The van der Waals surface area contributed by atoms with Crippen LogP contribution < -0.4 is 5.32 Å². The molecule has 0 bridgehead atoms. The van der Waals surface area contributed by atoms with Crippen LogP contribution in [0.2, 0.25) is 0 Å². The molecule has 1 aromatic rings. The van der Waals surface area contributed by atoms with Crippen LogP contribution in [0.4, 0.5) is 10.2 Å². The normalized spacial score (nSPS) is 9.94. The standard InChI is InChI=1S/C10H13FN2O2S/c1-12-10-9(11)7(3-5-13-10)16-6-4-8(14)15-2/h3,5H,4,6H2,1-2H3,(H,12,13). The van der Waals surface area contributed by atoms with E-state index in [2.05, 4.69) is 15.0 Å². The first-order chi connectivity index (χ1) is 7.69. The van der Waals surface area contributed by atoms with Gasteiger partial charge in [0.15, 0.2) is 11.6 Å². The first-order valence-electron chi connectivity index (χ1n) is 4.71. The maximum atomic E-state index is 13.6. The van der Waals surface area contributed by atoms with E-state index in [1.54, 1.807) is 13.1 Å². The van der Waals surface area contributed by atoms with Crippen molar-refractivity contribution in [3.05, 3.63) is 18.1 Å². The summed E-state index contributed by atoms with van der Waals surface area (Å²) in [6.07, 6.45) is 1.78. The molecule has 1 aromatic heterocycles. The summed E-state index contributed by atoms with van der Waals surface area (Å²) >= 11 is 1.26. The molecule has 0 radical (unpaired) electrons. The van der Waals surface area contributed by atoms with Crippen LogP contribution in [0.3, 0.4) is 0 Å². The zero-order chi connectivity index (χ0) is 12.0. The van der Waals surface area contributed by atoms with Crippen molar-refractivity contribution in [3.8, 4) is 0 Å². The van der Waals surface area contributed by atoms with E-state index in [-0.39, 0.29) is 24.0 Å². The van der Waals surface area contributed by atoms with Crippen LogP contribution in [0.25, 0.3) is 0 Å². The summed E-state index contributed by atoms with van der Waals surface area (Å²) < 4.78 is 18.1. The fourth-order valence-electron chi connectivity index (χ4n) is 1.06. The molecule has 0 saturated heterocycles. The average Bonchev–Trinajstić information content (AvgIpc) is 2.31. The molecule has 0 fully saturated rings. The van der Waals surface area contributed by atoms with Crippen LogP contribution in [0.5, 0.6) is 0 Å². The molecule has 0 amide bonds. The molecule has 0 aliphatic carbocycles. The molecule has 16 heavy (non-hydrogen) atoms. The number of carbonyl (C=O) groups excluding carboxylic acids is 1. The van der Waals surface area contributed by atoms with Crippen molar-refractivity contribution in [1.29, 1.82) is 0 Å². The summed E-state index contributed by atoms with van der Waals surface area (Å²) in [6.45, 7) is 0. The molecule has 88 valence electrons. The number of halogens is 1. The van der Waals surface area contributed by atoms with Gasteiger partial charge in [-0.1, -0.05) is 0 Å². The van der Waals surface area contributed by atoms with E-state index >= 15 is 0 Å². The molecule has 0 atom stereocenters. The summed E-state index contributed by atoms with van der Waals surface area (Å²) in [5.41, 5.74) is 0. The van der Waals surface area contributed by atoms with E-state index in [0.29, 0.717) is 10.6 Å². The average molecular weight is 244 g/mol. The highest BCUT2D eigenvalue weighted by Crippen LogP contribution is 2.25. The number of thioether (sulfide) groups is 1. The van der Waals surface area contributed by atoms with E-state index in [1.807, 2.05) is 0 Å². The van der Waals surface area contributed by atoms with Gasteiger partial charge in [-0.25, -0.2) is 9.37 Å². The van der Waals surface area contributed by atoms with Crippen molar-refractivity contribution in [2.75, 3.05) is 25.2 Å². The van der Waals surface area contributed by atoms with E-state index in [4.69, 9.17) is 0 Å². The minimum absolute atomic E-state index is 0.211. The molecule has 1 N–H and O–H groups in total. The largest absolute Gasteiger partial charge is 0.469 e. The smallest absolute Gasteiger partial charge is 0.306 e. The van der Waals surface area contributed by atoms with Gasteiger partial charge < -0.3 is 10.1 Å². The maximum absolute atomic E-state index is 13.6. The van der Waals surface area contributed by atoms with Gasteiger partial charge in [0.25, 0.3) is 0 Å². The van der Waals surface area contributed by atoms with Crippen LogP contribution in [0.1, 0.15) is 6.42 Å². The molecule has 1 rings (SSSR count). The Kier molecular flexibility index (Phi) is 5.04. The second-order valence-corrected chi connectivity index (χ2v) is 4.03. The highest BCUT2D eigenvalue weighted by molar-refractivity contribution is 7.99. The molecular weight excluding hydrogens is 231 g/mol. The molecule has 4 nitrogen and oxygen atoms in total. The minimum Gasteiger partial charge on any atom is -0.469 e. The number of methoxy groups -OCH3 is 1. The number of rotatable bonds is 5. The minimum atomic E-state index is -0.389. The summed E-state index contributed by atoms with van der Waals surface area (Å²) in [5, 5.41) is 2.65. The van der Waals surface area contributed by atoms with E-state index < -0.39 is 0 Å². The quantitative estimate of drug-likeness (QED) is 0.633. The van der Waals surface area contributed by atoms with Gasteiger partial charge in [0, 0.05) is 23.9 Å². The Balaban J connectivity index is 2.57. The van der Waals surface area contributed by atoms with Gasteiger partial charge in [0.1, 0.15) is 0 Å². The number of aromatic nitrogens is 1. The lowest BCUT2D eigenvalue weighted by Crippen LogP contribution is -2.02. The highest BCUT2D eigenvalue weighted by Gasteiger charge is 2.09. The number of carbonyl (C=O) groups is 1. The molecule has 0 spiro atoms. The zero-order valence-electron chi connectivity index (χ0n) is 9.12. The summed E-state index contributed by atoms with van der Waals surface area (Å²) in [4.78, 5) is 15.2. The van der Waals surface area contributed by atoms with Crippen LogP contribution in [0, 0.1) is 5.82 Å². The second kappa shape index (κ2) is 6.32. The van der Waals surface area contributed by atoms with Gasteiger partial charge >= 0.3 is 5.97 Å². The zero-order valence-corrected chi connectivity index (χ0v) is 9.94. The molecule has 1 heterocycles. The van der Waals surface area contributed by atoms with E-state index in [0.717, 1.165) is 0 Å². The van der Waals surface area contributed by atoms with Gasteiger partial charge in [0.2, 0.25) is 0 Å². The van der Waals surface area contributed by atoms with Crippen molar-refractivity contribution >= 4 is 23.5 Å². The Bertz CT molecular complexity index is 374. The first-order valence-corrected chi connectivity index (χ1v) is 5.69. The monoisotopic (exact) mass is 244 g/mol. The van der Waals surface area contributed by atoms with Crippen molar-refractivity contribution in [2.24, 2.45) is 0 Å². The van der Waals surface area contributed by atoms with Crippen LogP contribution in [-0.2, 0) is 9.53 Å². The number of nitrogens with one attached hydrogen (secondary N) is 1. The summed E-state index contributed by atoms with van der Waals surface area (Å²) in [6, 6.07) is 1.58. The third-order valence-electron chi connectivity index (χ3n) is 1.88. The molecule has 0 saturated carbocycles. The number of ether oxygens (including phenoxy) is 1. The number of hydrogen-bond donors (Lipinski definition) is 1. The Morgan fingerprint density at radius 1 is 1.69 bits per heavy atom. The van der Waals surface area contributed by atoms with Crippen molar-refractivity contribution in [1.82, 2.24) is 4.98 Å². The second-order valence-electron chi connectivity index (χ2n) is 2.90. The lowest BCUT2D eigenvalue weighted by molar-refractivity contribution is -0.140. The summed E-state index contributed by atoms with van der Waals surface area (Å²) in [7, 11) is 2.94. The number of hydrogen-bond acceptors (Lipinski definition) is 5. The topological polar surface area (TPSA) is 51.2 Å². The van der Waals surface area contributed by atoms with Gasteiger partial charge in [-0.2, -0.15) is 0 Å². The Morgan fingerprint density at radius 2 is 2.44 bits per heavy atom. The fraction of sp³-hybridized carbons (Fsp3) is 0.400. The summed E-state index contributed by atoms with van der Waals surface area (Å²) in [5.74, 6) is 0.00951. The number of nitrogens with zero attached hydrogens (tertiary/aromatic N) is 1. The molecule has 0 unspecified atom stereocenters. The van der Waals surface area contributed by atoms with Gasteiger partial charge in [0.05, 0.1) is 13.5 Å². The molecule has 0 aliphatic heterocycles. The van der Waals surface area contributed by atoms with Gasteiger partial charge in [-0.3, -0.25) is 4.79 Å². The van der Waals surface area contributed by atoms with E-state index in [1.165, 1.54) is 25.1 Å². The van der Waals surface area contributed by atoms with Crippen LogP contribution >= 0.6 is 11.8 Å². The molecule has 6 heteroatoms. The van der Waals surface area contributed by atoms with Crippen LogP contribution in [-0.4, -0.2) is 30.9 Å². The molecule has 0 aliphatic rings. The maximum Gasteiger partial charge on any atom is 0.306 e. The lowest BCUT2D eigenvalue weighted by Gasteiger charge is -2.05. The predicted octanol–water partition coefficient (Wildman–Crippen LogP) is 1.92. The predicted molar refractivity (Wildman–Crippen MR) is 61.1 cm³/mol. The Morgan fingerprint density at radius 3 is 3.06 bits per heavy atom. The van der Waals surface area contributed by atoms with Crippen molar-refractivity contribution in [2.45, 2.75) is 11.3 Å².